The van der Waals surface area contributed by atoms with Gasteiger partial charge >= 0.3 is 0 Å². The van der Waals surface area contributed by atoms with Crippen molar-refractivity contribution in [1.29, 1.82) is 0 Å². The monoisotopic (exact) mass is 526 g/mol. The van der Waals surface area contributed by atoms with Crippen LogP contribution in [-0.4, -0.2) is 48.5 Å². The number of carbonyl (C=O) groups excluding carboxylic acids is 3. The number of imide groups is 1. The maximum Gasteiger partial charge on any atom is 0.269 e. The quantitative estimate of drug-likeness (QED) is 0.239. The van der Waals surface area contributed by atoms with Gasteiger partial charge in [-0.3, -0.25) is 24.5 Å². The van der Waals surface area contributed by atoms with E-state index in [0.717, 1.165) is 30.6 Å². The Morgan fingerprint density at radius 3 is 2.32 bits per heavy atom. The van der Waals surface area contributed by atoms with E-state index < -0.39 is 38.7 Å². The van der Waals surface area contributed by atoms with Crippen LogP contribution in [0.5, 0.6) is 0 Å². The Bertz CT molecular complexity index is 1370. The minimum absolute atomic E-state index is 0.164. The average molecular weight is 527 g/mol. The minimum atomic E-state index is -3.95. The van der Waals surface area contributed by atoms with E-state index in [1.807, 2.05) is 0 Å². The summed E-state index contributed by atoms with van der Waals surface area (Å²) >= 11 is 0. The topological polar surface area (TPSA) is 161 Å². The molecule has 194 valence electrons. The van der Waals surface area contributed by atoms with Crippen molar-refractivity contribution in [3.05, 3.63) is 75.9 Å². The van der Waals surface area contributed by atoms with E-state index in [4.69, 9.17) is 5.14 Å². The number of nitrogens with two attached hydrogens (primary N) is 1. The molecule has 0 radical (unpaired) electrons. The predicted octanol–water partition coefficient (Wildman–Crippen LogP) is 2.91. The highest BCUT2D eigenvalue weighted by molar-refractivity contribution is 7.89. The van der Waals surface area contributed by atoms with Crippen molar-refractivity contribution in [1.82, 2.24) is 4.90 Å². The van der Waals surface area contributed by atoms with E-state index in [1.54, 1.807) is 0 Å². The Morgan fingerprint density at radius 2 is 1.76 bits per heavy atom. The van der Waals surface area contributed by atoms with E-state index in [2.05, 4.69) is 6.08 Å². The summed E-state index contributed by atoms with van der Waals surface area (Å²) < 4.78 is 23.1. The minimum Gasteiger partial charge on any atom is -0.326 e. The zero-order valence-electron chi connectivity index (χ0n) is 19.9. The fraction of sp³-hybridized carbons (Fsp3) is 0.320. The summed E-state index contributed by atoms with van der Waals surface area (Å²) in [5.41, 5.74) is 1.35. The van der Waals surface area contributed by atoms with E-state index >= 15 is 0 Å². The Morgan fingerprint density at radius 1 is 1.08 bits per heavy atom. The van der Waals surface area contributed by atoms with Crippen molar-refractivity contribution in [2.45, 2.75) is 49.5 Å². The number of nitrogens with zero attached hydrogens (tertiary/aromatic N) is 3. The van der Waals surface area contributed by atoms with Crippen LogP contribution in [0.15, 0.2) is 65.1 Å². The lowest BCUT2D eigenvalue weighted by Gasteiger charge is -2.28. The molecule has 0 spiro atoms. The van der Waals surface area contributed by atoms with Crippen LogP contribution in [0.25, 0.3) is 0 Å². The van der Waals surface area contributed by atoms with Crippen molar-refractivity contribution in [3.8, 4) is 0 Å². The summed E-state index contributed by atoms with van der Waals surface area (Å²) in [6.07, 6.45) is 6.44. The SMILES string of the molecule is NS(=O)(=O)c1ccc(N2C(=O)CC(N(CCC3=CCCCC3)C(=O)c3ccc([N+](=O)[O-])cc3)C2=O)cc1. The molecule has 2 aromatic rings. The Hall–Kier alpha value is -3.90. The fourth-order valence-electron chi connectivity index (χ4n) is 4.60. The van der Waals surface area contributed by atoms with Gasteiger partial charge in [0.15, 0.2) is 0 Å². The van der Waals surface area contributed by atoms with Crippen LogP contribution in [0.2, 0.25) is 0 Å². The average Bonchev–Trinajstić information content (AvgIpc) is 3.17. The highest BCUT2D eigenvalue weighted by Crippen LogP contribution is 2.29. The van der Waals surface area contributed by atoms with Gasteiger partial charge in [-0.2, -0.15) is 0 Å². The number of carbonyl (C=O) groups is 3. The number of allylic oxidation sites excluding steroid dienone is 1. The maximum atomic E-state index is 13.5. The maximum absolute atomic E-state index is 13.5. The molecule has 1 fully saturated rings. The Kier molecular flexibility index (Phi) is 7.50. The standard InChI is InChI=1S/C25H26N4O7S/c26-37(35,36)21-12-10-19(11-13-21)28-23(30)16-22(25(28)32)27(15-14-17-4-2-1-3-5-17)24(31)18-6-8-20(9-7-18)29(33)34/h4,6-13,22H,1-3,5,14-16H2,(H2,26,35,36). The number of hydrogen-bond donors (Lipinski definition) is 1. The number of nitro groups is 1. The number of amides is 3. The second-order valence-electron chi connectivity index (χ2n) is 8.99. The first kappa shape index (κ1) is 26.2. The number of non-ortho nitro benzene ring substituents is 1. The van der Waals surface area contributed by atoms with Gasteiger partial charge in [-0.25, -0.2) is 18.5 Å². The lowest BCUT2D eigenvalue weighted by molar-refractivity contribution is -0.384. The molecule has 3 amide bonds. The molecule has 0 saturated carbocycles. The normalized spacial score (nSPS) is 18.0. The van der Waals surface area contributed by atoms with Crippen LogP contribution in [0.1, 0.15) is 48.9 Å². The number of sulfonamides is 1. The number of hydrogen-bond acceptors (Lipinski definition) is 7. The Balaban J connectivity index is 1.62. The largest absolute Gasteiger partial charge is 0.326 e. The first-order valence-electron chi connectivity index (χ1n) is 11.8. The molecule has 1 aliphatic carbocycles. The molecule has 2 aliphatic rings. The van der Waals surface area contributed by atoms with Gasteiger partial charge in [0.1, 0.15) is 6.04 Å². The molecule has 11 nitrogen and oxygen atoms in total. The van der Waals surface area contributed by atoms with Gasteiger partial charge in [0.05, 0.1) is 21.9 Å². The highest BCUT2D eigenvalue weighted by Gasteiger charge is 2.44. The third-order valence-electron chi connectivity index (χ3n) is 6.57. The van der Waals surface area contributed by atoms with Crippen molar-refractivity contribution < 1.29 is 27.7 Å². The molecule has 1 atom stereocenters. The first-order chi connectivity index (χ1) is 17.6. The molecule has 2 aromatic carbocycles. The van der Waals surface area contributed by atoms with Crippen LogP contribution < -0.4 is 10.0 Å². The molecule has 1 aliphatic heterocycles. The van der Waals surface area contributed by atoms with Crippen molar-refractivity contribution in [2.24, 2.45) is 5.14 Å². The third kappa shape index (κ3) is 5.75. The smallest absolute Gasteiger partial charge is 0.269 e. The summed E-state index contributed by atoms with van der Waals surface area (Å²) in [6, 6.07) is 9.06. The molecular weight excluding hydrogens is 500 g/mol. The second-order valence-corrected chi connectivity index (χ2v) is 10.5. The molecule has 2 N–H and O–H groups in total. The van der Waals surface area contributed by atoms with Gasteiger partial charge in [-0.05, 0) is 68.5 Å². The zero-order valence-corrected chi connectivity index (χ0v) is 20.7. The molecule has 0 aromatic heterocycles. The van der Waals surface area contributed by atoms with Crippen molar-refractivity contribution in [3.63, 3.8) is 0 Å². The van der Waals surface area contributed by atoms with Crippen molar-refractivity contribution in [2.75, 3.05) is 11.4 Å². The van der Waals surface area contributed by atoms with Crippen LogP contribution in [0.4, 0.5) is 11.4 Å². The van der Waals surface area contributed by atoms with Gasteiger partial charge in [-0.1, -0.05) is 11.6 Å². The molecule has 1 unspecified atom stereocenters. The van der Waals surface area contributed by atoms with E-state index in [1.165, 1.54) is 59.0 Å². The highest BCUT2D eigenvalue weighted by atomic mass is 32.2. The molecule has 1 heterocycles. The summed E-state index contributed by atoms with van der Waals surface area (Å²) in [6.45, 7) is 0.198. The summed E-state index contributed by atoms with van der Waals surface area (Å²) in [4.78, 5) is 52.4. The molecule has 1 saturated heterocycles. The van der Waals surface area contributed by atoms with Gasteiger partial charge in [-0.15, -0.1) is 0 Å². The molecule has 12 heteroatoms. The Labute approximate surface area is 213 Å². The first-order valence-corrected chi connectivity index (χ1v) is 13.3. The van der Waals surface area contributed by atoms with E-state index in [0.29, 0.717) is 6.42 Å². The van der Waals surface area contributed by atoms with Crippen molar-refractivity contribution >= 4 is 39.1 Å². The van der Waals surface area contributed by atoms with Crippen LogP contribution >= 0.6 is 0 Å². The van der Waals surface area contributed by atoms with Crippen LogP contribution in [0, 0.1) is 10.1 Å². The zero-order chi connectivity index (χ0) is 26.7. The summed E-state index contributed by atoms with van der Waals surface area (Å²) in [5.74, 6) is -1.65. The summed E-state index contributed by atoms with van der Waals surface area (Å²) in [7, 11) is -3.95. The lowest BCUT2D eigenvalue weighted by Crippen LogP contribution is -2.46. The molecule has 4 rings (SSSR count). The second kappa shape index (κ2) is 10.6. The predicted molar refractivity (Wildman–Crippen MR) is 134 cm³/mol. The number of nitro benzene ring substituents is 1. The lowest BCUT2D eigenvalue weighted by atomic mass is 9.96. The molecular formula is C25H26N4O7S. The van der Waals surface area contributed by atoms with Gasteiger partial charge in [0.2, 0.25) is 15.9 Å². The van der Waals surface area contributed by atoms with Crippen LogP contribution in [0.3, 0.4) is 0 Å². The van der Waals surface area contributed by atoms with Crippen LogP contribution in [-0.2, 0) is 19.6 Å². The molecule has 37 heavy (non-hydrogen) atoms. The number of rotatable bonds is 8. The number of primary sulfonamides is 1. The number of benzene rings is 2. The molecule has 0 bridgehead atoms. The van der Waals surface area contributed by atoms with Gasteiger partial charge in [0, 0.05) is 24.2 Å². The summed E-state index contributed by atoms with van der Waals surface area (Å²) in [5, 5.41) is 16.1. The number of anilines is 1. The van der Waals surface area contributed by atoms with E-state index in [9.17, 15) is 32.9 Å². The third-order valence-corrected chi connectivity index (χ3v) is 7.50. The van der Waals surface area contributed by atoms with E-state index in [-0.39, 0.29) is 34.8 Å². The van der Waals surface area contributed by atoms with Gasteiger partial charge in [0.25, 0.3) is 17.5 Å². The van der Waals surface area contributed by atoms with Gasteiger partial charge < -0.3 is 4.90 Å². The fourth-order valence-corrected chi connectivity index (χ4v) is 5.12.